The van der Waals surface area contributed by atoms with Crippen LogP contribution in [0.25, 0.3) is 0 Å². The number of hydrogen-bond acceptors (Lipinski definition) is 5. The lowest BCUT2D eigenvalue weighted by Gasteiger charge is -2.35. The number of pyridine rings is 3. The number of benzene rings is 1. The molecule has 0 aliphatic carbocycles. The first-order valence-corrected chi connectivity index (χ1v) is 15.4. The number of fused-ring (bicyclic) bond motifs is 8. The van der Waals surface area contributed by atoms with Crippen molar-refractivity contribution in [2.45, 2.75) is 77.0 Å². The van der Waals surface area contributed by atoms with E-state index in [0.717, 1.165) is 23.5 Å². The standard InChI is InChI=1S/C37H43F4N5/c1-34(2)22-17-23(25(39)18-24(22)38)35(3,4)29-14-21(46(11)12)16-31(43-29)37(7,8)33-27(41)19-26(40)32(44-33)36(5,6)30-15-20(45(9)10)13-28(34)42-30/h13-19H,1-12H3. The number of nitrogens with zero attached hydrogens (tertiary/aromatic N) is 5. The molecule has 0 spiro atoms. The number of rotatable bonds is 2. The Morgan fingerprint density at radius 3 is 1.04 bits per heavy atom. The Kier molecular flexibility index (Phi) is 7.81. The summed E-state index contributed by atoms with van der Waals surface area (Å²) in [5.41, 5.74) is -0.387. The highest BCUT2D eigenvalue weighted by Crippen LogP contribution is 2.44. The van der Waals surface area contributed by atoms with Crippen LogP contribution < -0.4 is 9.80 Å². The summed E-state index contributed by atoms with van der Waals surface area (Å²) < 4.78 is 63.5. The van der Waals surface area contributed by atoms with Crippen LogP contribution in [0.1, 0.15) is 101 Å². The monoisotopic (exact) mass is 633 g/mol. The number of aromatic nitrogens is 3. The maximum Gasteiger partial charge on any atom is 0.148 e. The van der Waals surface area contributed by atoms with E-state index in [0.29, 0.717) is 22.8 Å². The molecule has 9 heteroatoms. The minimum Gasteiger partial charge on any atom is -0.378 e. The van der Waals surface area contributed by atoms with Gasteiger partial charge in [-0.15, -0.1) is 0 Å². The molecule has 4 heterocycles. The van der Waals surface area contributed by atoms with Crippen molar-refractivity contribution in [3.05, 3.63) is 111 Å². The lowest BCUT2D eigenvalue weighted by Crippen LogP contribution is -2.33. The van der Waals surface area contributed by atoms with E-state index < -0.39 is 44.9 Å². The molecule has 0 amide bonds. The molecule has 0 fully saturated rings. The first-order valence-electron chi connectivity index (χ1n) is 15.4. The van der Waals surface area contributed by atoms with Crippen LogP contribution in [0.15, 0.2) is 42.5 Å². The molecule has 8 bridgehead atoms. The molecule has 46 heavy (non-hydrogen) atoms. The summed E-state index contributed by atoms with van der Waals surface area (Å²) in [4.78, 5) is 18.5. The van der Waals surface area contributed by atoms with Crippen molar-refractivity contribution in [2.75, 3.05) is 38.0 Å². The Balaban J connectivity index is 1.99. The summed E-state index contributed by atoms with van der Waals surface area (Å²) in [6, 6.07) is 10.8. The average Bonchev–Trinajstić information content (AvgIpc) is 2.95. The van der Waals surface area contributed by atoms with Crippen LogP contribution in [0, 0.1) is 23.3 Å². The Hall–Kier alpha value is -4.01. The fourth-order valence-corrected chi connectivity index (χ4v) is 6.20. The normalized spacial score (nSPS) is 17.4. The second-order valence-corrected chi connectivity index (χ2v) is 14.9. The third kappa shape index (κ3) is 5.21. The molecule has 3 aromatic heterocycles. The third-order valence-electron chi connectivity index (χ3n) is 9.73. The van der Waals surface area contributed by atoms with E-state index in [1.54, 1.807) is 33.8 Å². The molecule has 5 rings (SSSR count). The van der Waals surface area contributed by atoms with Crippen molar-refractivity contribution >= 4 is 11.4 Å². The van der Waals surface area contributed by atoms with E-state index >= 15 is 17.6 Å². The Labute approximate surface area is 269 Å². The molecule has 0 unspecified atom stereocenters. The van der Waals surface area contributed by atoms with Crippen molar-refractivity contribution in [1.82, 2.24) is 15.0 Å². The van der Waals surface area contributed by atoms with Crippen LogP contribution in [0.4, 0.5) is 28.9 Å². The van der Waals surface area contributed by atoms with Crippen molar-refractivity contribution < 1.29 is 17.6 Å². The van der Waals surface area contributed by atoms with Crippen LogP contribution >= 0.6 is 0 Å². The molecule has 244 valence electrons. The zero-order valence-electron chi connectivity index (χ0n) is 28.8. The van der Waals surface area contributed by atoms with Crippen molar-refractivity contribution in [3.63, 3.8) is 0 Å². The molecule has 1 aliphatic rings. The van der Waals surface area contributed by atoms with E-state index in [1.807, 2.05) is 90.0 Å². The fraction of sp³-hybridized carbons (Fsp3) is 0.432. The summed E-state index contributed by atoms with van der Waals surface area (Å²) in [7, 11) is 7.48. The number of anilines is 2. The van der Waals surface area contributed by atoms with Gasteiger partial charge in [-0.2, -0.15) is 0 Å². The molecule has 0 saturated heterocycles. The van der Waals surface area contributed by atoms with Crippen LogP contribution in [0.2, 0.25) is 0 Å². The highest BCUT2D eigenvalue weighted by molar-refractivity contribution is 5.56. The van der Waals surface area contributed by atoms with Crippen molar-refractivity contribution in [1.29, 1.82) is 0 Å². The maximum absolute atomic E-state index is 15.9. The van der Waals surface area contributed by atoms with Crippen LogP contribution in [0.3, 0.4) is 0 Å². The Morgan fingerprint density at radius 2 is 0.717 bits per heavy atom. The van der Waals surface area contributed by atoms with Crippen molar-refractivity contribution in [2.24, 2.45) is 0 Å². The van der Waals surface area contributed by atoms with Gasteiger partial charge in [0.25, 0.3) is 0 Å². The van der Waals surface area contributed by atoms with Gasteiger partial charge >= 0.3 is 0 Å². The average molecular weight is 634 g/mol. The predicted molar refractivity (Wildman–Crippen MR) is 176 cm³/mol. The zero-order chi connectivity index (χ0) is 34.3. The molecule has 1 aliphatic heterocycles. The van der Waals surface area contributed by atoms with E-state index in [2.05, 4.69) is 0 Å². The van der Waals surface area contributed by atoms with Gasteiger partial charge in [-0.1, -0.05) is 27.7 Å². The second-order valence-electron chi connectivity index (χ2n) is 14.9. The molecule has 0 atom stereocenters. The zero-order valence-corrected chi connectivity index (χ0v) is 28.8. The quantitative estimate of drug-likeness (QED) is 0.209. The highest BCUT2D eigenvalue weighted by atomic mass is 19.1. The molecule has 0 saturated carbocycles. The van der Waals surface area contributed by atoms with Crippen LogP contribution in [0.5, 0.6) is 0 Å². The molecule has 0 N–H and O–H groups in total. The van der Waals surface area contributed by atoms with Gasteiger partial charge in [0.05, 0.1) is 45.0 Å². The topological polar surface area (TPSA) is 45.2 Å². The SMILES string of the molecule is CN(C)c1cc2nc(c1)C(C)(C)c1nc(c(F)cc1F)C(C)(C)c1cc(N(C)C)cc(n1)C(C)(C)c1cc(c(F)cc1F)C2(C)C. The Morgan fingerprint density at radius 1 is 0.413 bits per heavy atom. The molecular weight excluding hydrogens is 590 g/mol. The first kappa shape index (κ1) is 33.4. The molecule has 4 aromatic rings. The Bertz CT molecular complexity index is 1610. The third-order valence-corrected chi connectivity index (χ3v) is 9.73. The van der Waals surface area contributed by atoms with E-state index in [9.17, 15) is 0 Å². The van der Waals surface area contributed by atoms with Gasteiger partial charge < -0.3 is 9.80 Å². The molecular formula is C37H43F4N5. The minimum absolute atomic E-state index is 0.0239. The fourth-order valence-electron chi connectivity index (χ4n) is 6.20. The molecule has 0 radical (unpaired) electrons. The summed E-state index contributed by atoms with van der Waals surface area (Å²) in [5, 5.41) is 0. The largest absolute Gasteiger partial charge is 0.378 e. The molecule has 5 nitrogen and oxygen atoms in total. The summed E-state index contributed by atoms with van der Waals surface area (Å²) in [6.07, 6.45) is 0. The van der Waals surface area contributed by atoms with E-state index in [4.69, 9.17) is 15.0 Å². The predicted octanol–water partition coefficient (Wildman–Crippen LogP) is 8.18. The lowest BCUT2D eigenvalue weighted by atomic mass is 9.74. The smallest absolute Gasteiger partial charge is 0.148 e. The van der Waals surface area contributed by atoms with Crippen LogP contribution in [-0.4, -0.2) is 43.1 Å². The summed E-state index contributed by atoms with van der Waals surface area (Å²) in [6.45, 7) is 14.5. The summed E-state index contributed by atoms with van der Waals surface area (Å²) in [5.74, 6) is -3.00. The summed E-state index contributed by atoms with van der Waals surface area (Å²) >= 11 is 0. The van der Waals surface area contributed by atoms with Gasteiger partial charge in [0.1, 0.15) is 23.3 Å². The second kappa shape index (κ2) is 10.8. The maximum atomic E-state index is 15.9. The molecule has 1 aromatic carbocycles. The van der Waals surface area contributed by atoms with Gasteiger partial charge in [-0.05, 0) is 69.2 Å². The minimum atomic E-state index is -1.14. The van der Waals surface area contributed by atoms with Gasteiger partial charge in [0, 0.05) is 62.5 Å². The van der Waals surface area contributed by atoms with Gasteiger partial charge in [0.2, 0.25) is 0 Å². The number of hydrogen-bond donors (Lipinski definition) is 0. The highest BCUT2D eigenvalue weighted by Gasteiger charge is 2.40. The van der Waals surface area contributed by atoms with Crippen LogP contribution in [-0.2, 0) is 21.7 Å². The van der Waals surface area contributed by atoms with Crippen molar-refractivity contribution in [3.8, 4) is 0 Å². The van der Waals surface area contributed by atoms with Gasteiger partial charge in [-0.25, -0.2) is 22.5 Å². The van der Waals surface area contributed by atoms with E-state index in [-0.39, 0.29) is 22.5 Å². The lowest BCUT2D eigenvalue weighted by molar-refractivity contribution is 0.458. The van der Waals surface area contributed by atoms with Gasteiger partial charge in [0.15, 0.2) is 0 Å². The first-order chi connectivity index (χ1) is 21.1. The van der Waals surface area contributed by atoms with E-state index in [1.165, 1.54) is 0 Å². The number of halogens is 4. The van der Waals surface area contributed by atoms with Gasteiger partial charge in [-0.3, -0.25) is 9.97 Å².